The number of ether oxygens (including phenoxy) is 1. The fraction of sp³-hybridized carbons (Fsp3) is 0.188. The molecule has 0 fully saturated rings. The van der Waals surface area contributed by atoms with Crippen molar-refractivity contribution in [2.75, 3.05) is 0 Å². The summed E-state index contributed by atoms with van der Waals surface area (Å²) in [6.07, 6.45) is 0.103. The SMILES string of the molecule is CC(C)Oc1ccc(-c2ccc(Cl)cc2C(=O)O)cc1. The lowest BCUT2D eigenvalue weighted by Crippen LogP contribution is -2.05. The van der Waals surface area contributed by atoms with Gasteiger partial charge in [-0.1, -0.05) is 29.8 Å². The lowest BCUT2D eigenvalue weighted by Gasteiger charge is -2.11. The van der Waals surface area contributed by atoms with Crippen LogP contribution in [0.4, 0.5) is 0 Å². The second kappa shape index (κ2) is 5.97. The van der Waals surface area contributed by atoms with Crippen LogP contribution in [0.3, 0.4) is 0 Å². The lowest BCUT2D eigenvalue weighted by molar-refractivity contribution is 0.0697. The van der Waals surface area contributed by atoms with E-state index in [1.807, 2.05) is 38.1 Å². The minimum Gasteiger partial charge on any atom is -0.491 e. The van der Waals surface area contributed by atoms with Crippen LogP contribution < -0.4 is 4.74 Å². The molecule has 20 heavy (non-hydrogen) atoms. The zero-order valence-electron chi connectivity index (χ0n) is 11.3. The molecule has 0 heterocycles. The van der Waals surface area contributed by atoms with E-state index in [1.54, 1.807) is 12.1 Å². The Morgan fingerprint density at radius 2 is 1.80 bits per heavy atom. The van der Waals surface area contributed by atoms with E-state index in [9.17, 15) is 9.90 Å². The molecular formula is C16H15ClO3. The van der Waals surface area contributed by atoms with Gasteiger partial charge in [-0.15, -0.1) is 0 Å². The number of rotatable bonds is 4. The maximum atomic E-state index is 11.3. The summed E-state index contributed by atoms with van der Waals surface area (Å²) >= 11 is 5.85. The van der Waals surface area contributed by atoms with Gasteiger partial charge in [0.05, 0.1) is 11.7 Å². The first kappa shape index (κ1) is 14.4. The van der Waals surface area contributed by atoms with Crippen molar-refractivity contribution < 1.29 is 14.6 Å². The summed E-state index contributed by atoms with van der Waals surface area (Å²) in [4.78, 5) is 11.3. The van der Waals surface area contributed by atoms with Crippen molar-refractivity contribution in [2.45, 2.75) is 20.0 Å². The van der Waals surface area contributed by atoms with Gasteiger partial charge in [0.25, 0.3) is 0 Å². The number of halogens is 1. The van der Waals surface area contributed by atoms with Crippen molar-refractivity contribution in [3.63, 3.8) is 0 Å². The Morgan fingerprint density at radius 1 is 1.15 bits per heavy atom. The van der Waals surface area contributed by atoms with Crippen molar-refractivity contribution in [3.05, 3.63) is 53.1 Å². The van der Waals surface area contributed by atoms with E-state index in [-0.39, 0.29) is 11.7 Å². The van der Waals surface area contributed by atoms with Gasteiger partial charge >= 0.3 is 5.97 Å². The predicted molar refractivity (Wildman–Crippen MR) is 79.6 cm³/mol. The molecule has 0 saturated heterocycles. The highest BCUT2D eigenvalue weighted by atomic mass is 35.5. The number of carboxylic acid groups (broad SMARTS) is 1. The first-order chi connectivity index (χ1) is 9.47. The molecule has 0 bridgehead atoms. The summed E-state index contributed by atoms with van der Waals surface area (Å²) in [6.45, 7) is 3.91. The first-order valence-electron chi connectivity index (χ1n) is 6.27. The van der Waals surface area contributed by atoms with Gasteiger partial charge in [0.1, 0.15) is 5.75 Å². The molecule has 4 heteroatoms. The smallest absolute Gasteiger partial charge is 0.336 e. The molecule has 2 rings (SSSR count). The van der Waals surface area contributed by atoms with Gasteiger partial charge in [-0.25, -0.2) is 4.79 Å². The summed E-state index contributed by atoms with van der Waals surface area (Å²) in [7, 11) is 0. The van der Waals surface area contributed by atoms with Gasteiger partial charge in [-0.2, -0.15) is 0 Å². The molecule has 3 nitrogen and oxygen atoms in total. The molecule has 0 aliphatic carbocycles. The van der Waals surface area contributed by atoms with Gasteiger partial charge < -0.3 is 9.84 Å². The van der Waals surface area contributed by atoms with Gasteiger partial charge in [0.15, 0.2) is 0 Å². The molecule has 0 aliphatic heterocycles. The maximum absolute atomic E-state index is 11.3. The standard InChI is InChI=1S/C16H15ClO3/c1-10(2)20-13-6-3-11(4-7-13)14-8-5-12(17)9-15(14)16(18)19/h3-10H,1-2H3,(H,18,19). The molecule has 0 atom stereocenters. The van der Waals surface area contributed by atoms with E-state index >= 15 is 0 Å². The third-order valence-electron chi connectivity index (χ3n) is 2.75. The van der Waals surface area contributed by atoms with Crippen LogP contribution >= 0.6 is 11.6 Å². The molecule has 2 aromatic carbocycles. The number of benzene rings is 2. The normalized spacial score (nSPS) is 10.6. The van der Waals surface area contributed by atoms with Crippen molar-refractivity contribution in [1.29, 1.82) is 0 Å². The Kier molecular flexibility index (Phi) is 4.30. The van der Waals surface area contributed by atoms with Gasteiger partial charge in [-0.05, 0) is 49.2 Å². The third-order valence-corrected chi connectivity index (χ3v) is 2.98. The van der Waals surface area contributed by atoms with Crippen molar-refractivity contribution in [3.8, 4) is 16.9 Å². The highest BCUT2D eigenvalue weighted by molar-refractivity contribution is 6.31. The monoisotopic (exact) mass is 290 g/mol. The summed E-state index contributed by atoms with van der Waals surface area (Å²) in [6, 6.07) is 12.2. The zero-order chi connectivity index (χ0) is 14.7. The summed E-state index contributed by atoms with van der Waals surface area (Å²) < 4.78 is 5.56. The van der Waals surface area contributed by atoms with Crippen LogP contribution in [0.1, 0.15) is 24.2 Å². The molecule has 0 saturated carbocycles. The van der Waals surface area contributed by atoms with Crippen LogP contribution in [0.2, 0.25) is 5.02 Å². The largest absolute Gasteiger partial charge is 0.491 e. The van der Waals surface area contributed by atoms with E-state index < -0.39 is 5.97 Å². The van der Waals surface area contributed by atoms with E-state index in [0.29, 0.717) is 10.6 Å². The van der Waals surface area contributed by atoms with E-state index in [4.69, 9.17) is 16.3 Å². The Morgan fingerprint density at radius 3 is 2.35 bits per heavy atom. The highest BCUT2D eigenvalue weighted by Gasteiger charge is 2.12. The van der Waals surface area contributed by atoms with Gasteiger partial charge in [0.2, 0.25) is 0 Å². The summed E-state index contributed by atoms with van der Waals surface area (Å²) in [5.74, 6) is -0.236. The van der Waals surface area contributed by atoms with Gasteiger partial charge in [0, 0.05) is 5.02 Å². The van der Waals surface area contributed by atoms with E-state index in [1.165, 1.54) is 6.07 Å². The molecule has 0 spiro atoms. The summed E-state index contributed by atoms with van der Waals surface area (Å²) in [5, 5.41) is 9.65. The van der Waals surface area contributed by atoms with Crippen molar-refractivity contribution in [1.82, 2.24) is 0 Å². The van der Waals surface area contributed by atoms with Crippen LogP contribution in [-0.4, -0.2) is 17.2 Å². The van der Waals surface area contributed by atoms with Crippen LogP contribution in [0.25, 0.3) is 11.1 Å². The molecule has 1 N–H and O–H groups in total. The number of hydrogen-bond acceptors (Lipinski definition) is 2. The minimum atomic E-state index is -0.995. The van der Waals surface area contributed by atoms with Crippen molar-refractivity contribution in [2.24, 2.45) is 0 Å². The highest BCUT2D eigenvalue weighted by Crippen LogP contribution is 2.28. The second-order valence-corrected chi connectivity index (χ2v) is 5.12. The number of hydrogen-bond donors (Lipinski definition) is 1. The van der Waals surface area contributed by atoms with E-state index in [2.05, 4.69) is 0 Å². The molecule has 0 radical (unpaired) electrons. The third kappa shape index (κ3) is 3.31. The average molecular weight is 291 g/mol. The maximum Gasteiger partial charge on any atom is 0.336 e. The Balaban J connectivity index is 2.39. The molecule has 0 aromatic heterocycles. The average Bonchev–Trinajstić information content (AvgIpc) is 2.39. The predicted octanol–water partition coefficient (Wildman–Crippen LogP) is 4.49. The van der Waals surface area contributed by atoms with Crippen LogP contribution in [-0.2, 0) is 0 Å². The minimum absolute atomic E-state index is 0.103. The molecule has 0 unspecified atom stereocenters. The zero-order valence-corrected chi connectivity index (χ0v) is 12.0. The second-order valence-electron chi connectivity index (χ2n) is 4.69. The number of carboxylic acids is 1. The fourth-order valence-corrected chi connectivity index (χ4v) is 2.10. The first-order valence-corrected chi connectivity index (χ1v) is 6.65. The Bertz CT molecular complexity index is 618. The van der Waals surface area contributed by atoms with Crippen LogP contribution in [0.15, 0.2) is 42.5 Å². The number of carbonyl (C=O) groups is 1. The Hall–Kier alpha value is -2.00. The molecule has 104 valence electrons. The quantitative estimate of drug-likeness (QED) is 0.902. The van der Waals surface area contributed by atoms with E-state index in [0.717, 1.165) is 11.3 Å². The number of aromatic carboxylic acids is 1. The topological polar surface area (TPSA) is 46.5 Å². The molecule has 0 amide bonds. The fourth-order valence-electron chi connectivity index (χ4n) is 1.93. The van der Waals surface area contributed by atoms with Crippen molar-refractivity contribution >= 4 is 17.6 Å². The lowest BCUT2D eigenvalue weighted by atomic mass is 10.00. The molecule has 2 aromatic rings. The van der Waals surface area contributed by atoms with Crippen LogP contribution in [0, 0.1) is 0 Å². The van der Waals surface area contributed by atoms with Crippen LogP contribution in [0.5, 0.6) is 5.75 Å². The molecule has 0 aliphatic rings. The van der Waals surface area contributed by atoms with Gasteiger partial charge in [-0.3, -0.25) is 0 Å². The summed E-state index contributed by atoms with van der Waals surface area (Å²) in [5.41, 5.74) is 1.64. The Labute approximate surface area is 122 Å². The molecular weight excluding hydrogens is 276 g/mol.